The van der Waals surface area contributed by atoms with Gasteiger partial charge in [0.05, 0.1) is 12.8 Å². The number of ether oxygens (including phenoxy) is 1. The van der Waals surface area contributed by atoms with Crippen LogP contribution in [0.25, 0.3) is 0 Å². The number of carbonyl (C=O) groups is 1. The minimum atomic E-state index is -4.71. The van der Waals surface area contributed by atoms with Crippen LogP contribution in [0.5, 0.6) is 5.75 Å². The van der Waals surface area contributed by atoms with Crippen LogP contribution in [0.4, 0.5) is 47.7 Å². The molecule has 0 aliphatic carbocycles. The molecule has 3 rings (SSSR count). The van der Waals surface area contributed by atoms with E-state index in [0.29, 0.717) is 23.3 Å². The number of aromatic nitrogens is 2. The van der Waals surface area contributed by atoms with Crippen molar-refractivity contribution < 1.29 is 22.7 Å². The smallest absolute Gasteiger partial charge is 0.421 e. The zero-order valence-corrected chi connectivity index (χ0v) is 22.5. The average molecular weight is 544 g/mol. The summed E-state index contributed by atoms with van der Waals surface area (Å²) >= 11 is 0. The molecule has 2 aromatic carbocycles. The molecule has 39 heavy (non-hydrogen) atoms. The maximum atomic E-state index is 13.8. The monoisotopic (exact) mass is 543 g/mol. The van der Waals surface area contributed by atoms with Gasteiger partial charge in [0.2, 0.25) is 11.9 Å². The predicted molar refractivity (Wildman–Crippen MR) is 148 cm³/mol. The first kappa shape index (κ1) is 29.2. The highest BCUT2D eigenvalue weighted by Gasteiger charge is 2.35. The van der Waals surface area contributed by atoms with Crippen LogP contribution >= 0.6 is 0 Å². The van der Waals surface area contributed by atoms with Crippen molar-refractivity contribution in [3.63, 3.8) is 0 Å². The largest absolute Gasteiger partial charge is 0.494 e. The van der Waals surface area contributed by atoms with Crippen LogP contribution in [0, 0.1) is 6.92 Å². The van der Waals surface area contributed by atoms with Crippen molar-refractivity contribution in [1.82, 2.24) is 14.9 Å². The van der Waals surface area contributed by atoms with E-state index in [-0.39, 0.29) is 11.6 Å². The number of rotatable bonds is 11. The normalized spacial score (nSPS) is 11.2. The molecule has 3 aromatic rings. The highest BCUT2D eigenvalue weighted by atomic mass is 19.4. The molecule has 9 nitrogen and oxygen atoms in total. The van der Waals surface area contributed by atoms with Gasteiger partial charge in [-0.2, -0.15) is 18.2 Å². The Hall–Kier alpha value is -4.32. The summed E-state index contributed by atoms with van der Waals surface area (Å²) in [5.74, 6) is -0.484. The van der Waals surface area contributed by atoms with Gasteiger partial charge in [0.15, 0.2) is 0 Å². The third-order valence-corrected chi connectivity index (χ3v) is 5.73. The van der Waals surface area contributed by atoms with Gasteiger partial charge in [-0.15, -0.1) is 0 Å². The Labute approximate surface area is 225 Å². The molecular weight excluding hydrogens is 511 g/mol. The number of amides is 1. The molecule has 0 aliphatic heterocycles. The van der Waals surface area contributed by atoms with Crippen molar-refractivity contribution in [3.05, 3.63) is 66.4 Å². The van der Waals surface area contributed by atoms with Crippen molar-refractivity contribution in [2.24, 2.45) is 0 Å². The molecule has 0 atom stereocenters. The molecule has 0 aliphatic rings. The molecular formula is C27H32F3N7O2. The van der Waals surface area contributed by atoms with Crippen LogP contribution in [0.2, 0.25) is 0 Å². The summed E-state index contributed by atoms with van der Waals surface area (Å²) in [5.41, 5.74) is 2.00. The van der Waals surface area contributed by atoms with Crippen LogP contribution in [0.15, 0.2) is 55.3 Å². The van der Waals surface area contributed by atoms with E-state index in [1.54, 1.807) is 18.2 Å². The minimum absolute atomic E-state index is 0.0620. The van der Waals surface area contributed by atoms with Gasteiger partial charge in [0.1, 0.15) is 17.1 Å². The average Bonchev–Trinajstić information content (AvgIpc) is 2.87. The standard InChI is InChI=1S/C27H32F3N7O2/c1-7-24(38)32-18-9-8-10-19(14-18)33-25-20(27(28,29)30)16-31-26(35-25)34-21-13-17(2)22(15-23(21)39-6)37(5)12-11-36(3)4/h7-10,13-16H,1,11-12H2,2-6H3,(H,32,38)(H2,31,33,34,35). The van der Waals surface area contributed by atoms with Gasteiger partial charge in [-0.25, -0.2) is 4.98 Å². The van der Waals surface area contributed by atoms with Gasteiger partial charge >= 0.3 is 6.18 Å². The van der Waals surface area contributed by atoms with Crippen molar-refractivity contribution in [3.8, 4) is 5.75 Å². The number of methoxy groups -OCH3 is 1. The van der Waals surface area contributed by atoms with Crippen molar-refractivity contribution in [2.45, 2.75) is 13.1 Å². The number of likely N-dealkylation sites (N-methyl/N-ethyl adjacent to an activating group) is 2. The number of alkyl halides is 3. The Morgan fingerprint density at radius 2 is 1.82 bits per heavy atom. The van der Waals surface area contributed by atoms with Crippen molar-refractivity contribution >= 4 is 40.4 Å². The first-order valence-corrected chi connectivity index (χ1v) is 12.0. The second-order valence-electron chi connectivity index (χ2n) is 9.04. The van der Waals surface area contributed by atoms with Crippen LogP contribution in [0.3, 0.4) is 0 Å². The number of nitrogens with zero attached hydrogens (tertiary/aromatic N) is 4. The molecule has 0 bridgehead atoms. The summed E-state index contributed by atoms with van der Waals surface area (Å²) in [6.07, 6.45) is -2.90. The second kappa shape index (κ2) is 12.5. The third kappa shape index (κ3) is 7.84. The molecule has 3 N–H and O–H groups in total. The molecule has 0 radical (unpaired) electrons. The molecule has 208 valence electrons. The van der Waals surface area contributed by atoms with Crippen molar-refractivity contribution in [1.29, 1.82) is 0 Å². The van der Waals surface area contributed by atoms with E-state index >= 15 is 0 Å². The number of aryl methyl sites for hydroxylation is 1. The van der Waals surface area contributed by atoms with E-state index in [9.17, 15) is 18.0 Å². The van der Waals surface area contributed by atoms with E-state index in [1.165, 1.54) is 13.2 Å². The summed E-state index contributed by atoms with van der Waals surface area (Å²) in [6, 6.07) is 9.91. The Kier molecular flexibility index (Phi) is 9.36. The number of carbonyl (C=O) groups excluding carboxylic acids is 1. The van der Waals surface area contributed by atoms with E-state index < -0.39 is 23.5 Å². The number of anilines is 6. The number of hydrogen-bond donors (Lipinski definition) is 3. The molecule has 12 heteroatoms. The molecule has 1 aromatic heterocycles. The quantitative estimate of drug-likeness (QED) is 0.276. The Morgan fingerprint density at radius 3 is 2.46 bits per heavy atom. The molecule has 1 amide bonds. The summed E-state index contributed by atoms with van der Waals surface area (Å²) in [6.45, 7) is 6.97. The fourth-order valence-electron chi connectivity index (χ4n) is 3.70. The fourth-order valence-corrected chi connectivity index (χ4v) is 3.70. The first-order valence-electron chi connectivity index (χ1n) is 12.0. The van der Waals surface area contributed by atoms with Crippen LogP contribution in [-0.2, 0) is 11.0 Å². The summed E-state index contributed by atoms with van der Waals surface area (Å²) in [7, 11) is 7.49. The molecule has 0 fully saturated rings. The maximum absolute atomic E-state index is 13.8. The highest BCUT2D eigenvalue weighted by Crippen LogP contribution is 2.37. The number of halogens is 3. The molecule has 0 unspecified atom stereocenters. The summed E-state index contributed by atoms with van der Waals surface area (Å²) in [5, 5.41) is 8.24. The van der Waals surface area contributed by atoms with Gasteiger partial charge in [-0.3, -0.25) is 4.79 Å². The fraction of sp³-hybridized carbons (Fsp3) is 0.296. The SMILES string of the molecule is C=CC(=O)Nc1cccc(Nc2nc(Nc3cc(C)c(N(C)CCN(C)C)cc3OC)ncc2C(F)(F)F)c1. The lowest BCUT2D eigenvalue weighted by atomic mass is 10.1. The summed E-state index contributed by atoms with van der Waals surface area (Å²) < 4.78 is 46.9. The Bertz CT molecular complexity index is 1330. The number of hydrogen-bond acceptors (Lipinski definition) is 8. The third-order valence-electron chi connectivity index (χ3n) is 5.73. The molecule has 0 spiro atoms. The first-order chi connectivity index (χ1) is 18.4. The van der Waals surface area contributed by atoms with Gasteiger partial charge in [0, 0.05) is 49.5 Å². The van der Waals surface area contributed by atoms with Gasteiger partial charge in [-0.05, 0) is 56.9 Å². The maximum Gasteiger partial charge on any atom is 0.421 e. The second-order valence-corrected chi connectivity index (χ2v) is 9.04. The summed E-state index contributed by atoms with van der Waals surface area (Å²) in [4.78, 5) is 23.8. The van der Waals surface area contributed by atoms with Crippen LogP contribution in [0.1, 0.15) is 11.1 Å². The predicted octanol–water partition coefficient (Wildman–Crippen LogP) is 5.42. The van der Waals surface area contributed by atoms with E-state index in [2.05, 4.69) is 42.3 Å². The van der Waals surface area contributed by atoms with E-state index in [4.69, 9.17) is 4.74 Å². The van der Waals surface area contributed by atoms with Crippen LogP contribution < -0.4 is 25.6 Å². The van der Waals surface area contributed by atoms with Gasteiger partial charge < -0.3 is 30.5 Å². The molecule has 0 saturated heterocycles. The topological polar surface area (TPSA) is 94.6 Å². The zero-order valence-electron chi connectivity index (χ0n) is 22.5. The number of nitrogens with one attached hydrogen (secondary N) is 3. The van der Waals surface area contributed by atoms with E-state index in [1.807, 2.05) is 40.2 Å². The Morgan fingerprint density at radius 1 is 1.10 bits per heavy atom. The molecule has 0 saturated carbocycles. The van der Waals surface area contributed by atoms with Gasteiger partial charge in [0.25, 0.3) is 0 Å². The lowest BCUT2D eigenvalue weighted by Gasteiger charge is -2.25. The lowest BCUT2D eigenvalue weighted by Crippen LogP contribution is -2.28. The Balaban J connectivity index is 1.93. The van der Waals surface area contributed by atoms with Crippen LogP contribution in [-0.4, -0.2) is 62.1 Å². The molecule has 1 heterocycles. The lowest BCUT2D eigenvalue weighted by molar-refractivity contribution is -0.137. The minimum Gasteiger partial charge on any atom is -0.494 e. The highest BCUT2D eigenvalue weighted by molar-refractivity contribution is 5.99. The van der Waals surface area contributed by atoms with Gasteiger partial charge in [-0.1, -0.05) is 12.6 Å². The number of benzene rings is 2. The van der Waals surface area contributed by atoms with Crippen molar-refractivity contribution in [2.75, 3.05) is 62.2 Å². The van der Waals surface area contributed by atoms with E-state index in [0.717, 1.165) is 30.4 Å². The zero-order chi connectivity index (χ0) is 28.7.